The Hall–Kier alpha value is -1.18. The molecule has 1 saturated heterocycles. The van der Waals surface area contributed by atoms with Crippen molar-refractivity contribution in [1.29, 1.82) is 5.26 Å². The van der Waals surface area contributed by atoms with E-state index in [0.717, 1.165) is 11.3 Å². The first-order valence-corrected chi connectivity index (χ1v) is 4.59. The minimum Gasteiger partial charge on any atom is -0.337 e. The van der Waals surface area contributed by atoms with Gasteiger partial charge in [0, 0.05) is 19.5 Å². The van der Waals surface area contributed by atoms with Crippen molar-refractivity contribution in [2.75, 3.05) is 13.1 Å². The molecule has 1 fully saturated rings. The topological polar surface area (TPSA) is 44.1 Å². The van der Waals surface area contributed by atoms with Gasteiger partial charge in [0.2, 0.25) is 0 Å². The van der Waals surface area contributed by atoms with Gasteiger partial charge in [-0.1, -0.05) is 0 Å². The van der Waals surface area contributed by atoms with E-state index in [1.807, 2.05) is 6.07 Å². The third kappa shape index (κ3) is 2.66. The monoisotopic (exact) mass is 202 g/mol. The molecule has 1 aliphatic rings. The number of piperidine rings is 1. The van der Waals surface area contributed by atoms with Crippen LogP contribution in [0.3, 0.4) is 0 Å². The summed E-state index contributed by atoms with van der Waals surface area (Å²) >= 11 is 0. The lowest BCUT2D eigenvalue weighted by Crippen LogP contribution is -2.42. The highest BCUT2D eigenvalue weighted by Crippen LogP contribution is 2.20. The van der Waals surface area contributed by atoms with E-state index < -0.39 is 12.3 Å². The predicted molar refractivity (Wildman–Crippen MR) is 45.5 cm³/mol. The number of nitriles is 1. The fourth-order valence-corrected chi connectivity index (χ4v) is 1.70. The molecule has 1 unspecified atom stereocenters. The summed E-state index contributed by atoms with van der Waals surface area (Å²) in [7, 11) is 0. The summed E-state index contributed by atoms with van der Waals surface area (Å²) in [6, 6.07) is 2.00. The first-order valence-electron chi connectivity index (χ1n) is 4.59. The molecule has 0 bridgehead atoms. The molecular formula is C9H12F2N2O. The maximum absolute atomic E-state index is 12.1. The van der Waals surface area contributed by atoms with Gasteiger partial charge < -0.3 is 4.90 Å². The first-order chi connectivity index (χ1) is 6.65. The Morgan fingerprint density at radius 3 is 2.93 bits per heavy atom. The molecule has 14 heavy (non-hydrogen) atoms. The van der Waals surface area contributed by atoms with Gasteiger partial charge in [-0.2, -0.15) is 14.0 Å². The van der Waals surface area contributed by atoms with Gasteiger partial charge in [-0.3, -0.25) is 4.79 Å². The van der Waals surface area contributed by atoms with Gasteiger partial charge in [-0.15, -0.1) is 0 Å². The van der Waals surface area contributed by atoms with Crippen LogP contribution in [0.4, 0.5) is 8.78 Å². The van der Waals surface area contributed by atoms with E-state index in [1.54, 1.807) is 0 Å². The number of rotatable bonds is 2. The van der Waals surface area contributed by atoms with Crippen molar-refractivity contribution < 1.29 is 13.6 Å². The molecule has 0 saturated carbocycles. The number of amides is 1. The average Bonchev–Trinajstić information content (AvgIpc) is 2.17. The zero-order chi connectivity index (χ0) is 10.6. The lowest BCUT2D eigenvalue weighted by Gasteiger charge is -2.31. The fraction of sp³-hybridized carbons (Fsp3) is 0.778. The van der Waals surface area contributed by atoms with E-state index >= 15 is 0 Å². The molecular weight excluding hydrogens is 190 g/mol. The van der Waals surface area contributed by atoms with Crippen LogP contribution < -0.4 is 0 Å². The molecule has 1 rings (SSSR count). The molecule has 3 nitrogen and oxygen atoms in total. The summed E-state index contributed by atoms with van der Waals surface area (Å²) in [4.78, 5) is 12.1. The second kappa shape index (κ2) is 4.89. The zero-order valence-corrected chi connectivity index (χ0v) is 7.75. The summed E-state index contributed by atoms with van der Waals surface area (Å²) in [6.45, 7) is 0.696. The van der Waals surface area contributed by atoms with E-state index in [0.29, 0.717) is 25.9 Å². The second-order valence-corrected chi connectivity index (χ2v) is 3.46. The third-order valence-electron chi connectivity index (χ3n) is 2.40. The van der Waals surface area contributed by atoms with Crippen LogP contribution >= 0.6 is 0 Å². The van der Waals surface area contributed by atoms with Crippen LogP contribution in [-0.4, -0.2) is 30.3 Å². The summed E-state index contributed by atoms with van der Waals surface area (Å²) < 4.78 is 24.1. The molecule has 0 N–H and O–H groups in total. The summed E-state index contributed by atoms with van der Waals surface area (Å²) in [5.74, 6) is -1.04. The molecule has 0 radical (unpaired) electrons. The predicted octanol–water partition coefficient (Wildman–Crippen LogP) is 1.40. The molecule has 1 heterocycles. The van der Waals surface area contributed by atoms with Gasteiger partial charge in [0.25, 0.3) is 5.91 Å². The van der Waals surface area contributed by atoms with Crippen LogP contribution in [-0.2, 0) is 4.79 Å². The number of hydrogen-bond donors (Lipinski definition) is 0. The minimum atomic E-state index is -2.92. The maximum Gasteiger partial charge on any atom is 0.315 e. The Morgan fingerprint density at radius 2 is 2.36 bits per heavy atom. The van der Waals surface area contributed by atoms with Crippen molar-refractivity contribution in [3.05, 3.63) is 0 Å². The van der Waals surface area contributed by atoms with Gasteiger partial charge >= 0.3 is 6.43 Å². The van der Waals surface area contributed by atoms with Gasteiger partial charge in [0.05, 0.1) is 6.07 Å². The molecule has 1 aliphatic heterocycles. The zero-order valence-electron chi connectivity index (χ0n) is 7.75. The van der Waals surface area contributed by atoms with Gasteiger partial charge in [0.1, 0.15) is 0 Å². The van der Waals surface area contributed by atoms with Crippen molar-refractivity contribution in [1.82, 2.24) is 4.90 Å². The van der Waals surface area contributed by atoms with Crippen molar-refractivity contribution in [3.8, 4) is 6.07 Å². The van der Waals surface area contributed by atoms with Crippen molar-refractivity contribution >= 4 is 5.91 Å². The number of alkyl halides is 2. The number of carbonyl (C=O) groups is 1. The van der Waals surface area contributed by atoms with Gasteiger partial charge in [-0.05, 0) is 18.8 Å². The molecule has 0 aromatic heterocycles. The van der Waals surface area contributed by atoms with E-state index in [-0.39, 0.29) is 5.92 Å². The van der Waals surface area contributed by atoms with Crippen LogP contribution in [0.15, 0.2) is 0 Å². The Bertz CT molecular complexity index is 250. The lowest BCUT2D eigenvalue weighted by atomic mass is 9.95. The normalized spacial score (nSPS) is 22.1. The largest absolute Gasteiger partial charge is 0.337 e. The van der Waals surface area contributed by atoms with E-state index in [4.69, 9.17) is 5.26 Å². The van der Waals surface area contributed by atoms with Crippen LogP contribution in [0.1, 0.15) is 19.3 Å². The SMILES string of the molecule is N#CCC1CCCN(C(=O)C(F)F)C1. The molecule has 0 spiro atoms. The number of nitrogens with zero attached hydrogens (tertiary/aromatic N) is 2. The van der Waals surface area contributed by atoms with E-state index in [1.165, 1.54) is 0 Å². The number of carbonyl (C=O) groups excluding carboxylic acids is 1. The standard InChI is InChI=1S/C9H12F2N2O/c10-8(11)9(14)13-5-1-2-7(6-13)3-4-12/h7-8H,1-3,5-6H2. The van der Waals surface area contributed by atoms with Crippen LogP contribution in [0.25, 0.3) is 0 Å². The van der Waals surface area contributed by atoms with Crippen molar-refractivity contribution in [2.24, 2.45) is 5.92 Å². The quantitative estimate of drug-likeness (QED) is 0.679. The summed E-state index contributed by atoms with van der Waals surface area (Å²) in [5.41, 5.74) is 0. The Kier molecular flexibility index (Phi) is 3.81. The smallest absolute Gasteiger partial charge is 0.315 e. The molecule has 0 aliphatic carbocycles. The van der Waals surface area contributed by atoms with Crippen molar-refractivity contribution in [2.45, 2.75) is 25.7 Å². The molecule has 5 heteroatoms. The highest BCUT2D eigenvalue weighted by molar-refractivity contribution is 5.79. The highest BCUT2D eigenvalue weighted by Gasteiger charge is 2.28. The number of likely N-dealkylation sites (tertiary alicyclic amines) is 1. The Labute approximate surface area is 81.3 Å². The van der Waals surface area contributed by atoms with Crippen LogP contribution in [0, 0.1) is 17.2 Å². The maximum atomic E-state index is 12.1. The van der Waals surface area contributed by atoms with Crippen LogP contribution in [0.5, 0.6) is 0 Å². The third-order valence-corrected chi connectivity index (χ3v) is 2.40. The fourth-order valence-electron chi connectivity index (χ4n) is 1.70. The summed E-state index contributed by atoms with van der Waals surface area (Å²) in [5, 5.41) is 8.45. The van der Waals surface area contributed by atoms with Gasteiger partial charge in [0.15, 0.2) is 0 Å². The second-order valence-electron chi connectivity index (χ2n) is 3.46. The number of hydrogen-bond acceptors (Lipinski definition) is 2. The van der Waals surface area contributed by atoms with Crippen LogP contribution in [0.2, 0.25) is 0 Å². The minimum absolute atomic E-state index is 0.0662. The van der Waals surface area contributed by atoms with Gasteiger partial charge in [-0.25, -0.2) is 0 Å². The Morgan fingerprint density at radius 1 is 1.64 bits per heavy atom. The first kappa shape index (κ1) is 10.9. The molecule has 0 aromatic carbocycles. The average molecular weight is 202 g/mol. The molecule has 1 atom stereocenters. The number of halogens is 2. The van der Waals surface area contributed by atoms with Crippen molar-refractivity contribution in [3.63, 3.8) is 0 Å². The van der Waals surface area contributed by atoms with E-state index in [9.17, 15) is 13.6 Å². The highest BCUT2D eigenvalue weighted by atomic mass is 19.3. The summed E-state index contributed by atoms with van der Waals surface area (Å²) in [6.07, 6.45) is -1.02. The lowest BCUT2D eigenvalue weighted by molar-refractivity contribution is -0.144. The molecule has 78 valence electrons. The molecule has 0 aromatic rings. The van der Waals surface area contributed by atoms with E-state index in [2.05, 4.69) is 0 Å². The molecule has 1 amide bonds. The Balaban J connectivity index is 2.48.